The zero-order valence-corrected chi connectivity index (χ0v) is 17.7. The van der Waals surface area contributed by atoms with Gasteiger partial charge in [0.05, 0.1) is 27.8 Å². The van der Waals surface area contributed by atoms with E-state index in [1.54, 1.807) is 7.11 Å². The predicted molar refractivity (Wildman–Crippen MR) is 111 cm³/mol. The second-order valence-electron chi connectivity index (χ2n) is 6.59. The van der Waals surface area contributed by atoms with E-state index in [2.05, 4.69) is 0 Å². The molecule has 2 unspecified atom stereocenters. The first kappa shape index (κ1) is 23.4. The first-order chi connectivity index (χ1) is 13.8. The smallest absolute Gasteiger partial charge is 0.335 e. The van der Waals surface area contributed by atoms with Gasteiger partial charge in [-0.05, 0) is 31.0 Å². The van der Waals surface area contributed by atoms with Crippen molar-refractivity contribution in [2.75, 3.05) is 7.11 Å². The summed E-state index contributed by atoms with van der Waals surface area (Å²) in [4.78, 5) is 10.8. The number of aliphatic hydroxyl groups excluding tert-OH is 1. The average Bonchev–Trinajstić information content (AvgIpc) is 2.67. The number of methoxy groups -OCH3 is 1. The molecule has 1 fully saturated rings. The lowest BCUT2D eigenvalue weighted by molar-refractivity contribution is -0.198. The van der Waals surface area contributed by atoms with Gasteiger partial charge in [0.15, 0.2) is 12.0 Å². The van der Waals surface area contributed by atoms with Crippen LogP contribution in [0.2, 0.25) is 10.0 Å². The molecule has 2 N–H and O–H groups in total. The number of carbonyl (C=O) groups is 1. The van der Waals surface area contributed by atoms with Crippen LogP contribution in [-0.4, -0.2) is 41.8 Å². The van der Waals surface area contributed by atoms with Gasteiger partial charge in [0, 0.05) is 13.5 Å². The number of rotatable bonds is 5. The van der Waals surface area contributed by atoms with E-state index in [0.29, 0.717) is 13.0 Å². The molecule has 158 valence electrons. The minimum atomic E-state index is -1.08. The van der Waals surface area contributed by atoms with Gasteiger partial charge in [-0.2, -0.15) is 0 Å². The molecule has 0 saturated carbocycles. The first-order valence-electron chi connectivity index (χ1n) is 9.05. The molecule has 3 rings (SSSR count). The van der Waals surface area contributed by atoms with Gasteiger partial charge in [-0.15, -0.1) is 0 Å². The highest BCUT2D eigenvalue weighted by Crippen LogP contribution is 2.34. The Morgan fingerprint density at radius 3 is 2.31 bits per heavy atom. The third-order valence-corrected chi connectivity index (χ3v) is 4.75. The summed E-state index contributed by atoms with van der Waals surface area (Å²) in [5.41, 5.74) is 0.999. The van der Waals surface area contributed by atoms with Gasteiger partial charge in [-0.1, -0.05) is 53.5 Å². The lowest BCUT2D eigenvalue weighted by atomic mass is 10.1. The molecular formula is C21H24Cl2O6. The van der Waals surface area contributed by atoms with E-state index in [1.807, 2.05) is 37.3 Å². The Balaban J connectivity index is 0.000000253. The summed E-state index contributed by atoms with van der Waals surface area (Å²) < 4.78 is 15.8. The van der Waals surface area contributed by atoms with Crippen LogP contribution in [0.4, 0.5) is 0 Å². The van der Waals surface area contributed by atoms with E-state index in [9.17, 15) is 9.90 Å². The van der Waals surface area contributed by atoms with Gasteiger partial charge in [0.2, 0.25) is 0 Å². The number of carboxylic acid groups (broad SMARTS) is 1. The fourth-order valence-electron chi connectivity index (χ4n) is 2.77. The SMILES string of the molecule is CO[C@@H]1CC(O)CC(C)O1.O=C(O)c1cc(Cl)c(OCc2ccccc2)c(Cl)c1. The highest BCUT2D eigenvalue weighted by Gasteiger charge is 2.24. The van der Waals surface area contributed by atoms with Crippen molar-refractivity contribution in [3.63, 3.8) is 0 Å². The molecule has 1 heterocycles. The van der Waals surface area contributed by atoms with Crippen molar-refractivity contribution < 1.29 is 29.2 Å². The van der Waals surface area contributed by atoms with Crippen molar-refractivity contribution in [1.82, 2.24) is 0 Å². The Bertz CT molecular complexity index is 766. The number of benzene rings is 2. The van der Waals surface area contributed by atoms with Gasteiger partial charge in [0.1, 0.15) is 6.61 Å². The van der Waals surface area contributed by atoms with Crippen molar-refractivity contribution in [2.24, 2.45) is 0 Å². The van der Waals surface area contributed by atoms with Crippen LogP contribution in [0.25, 0.3) is 0 Å². The van der Waals surface area contributed by atoms with Crippen LogP contribution in [0.5, 0.6) is 5.75 Å². The molecule has 0 amide bonds. The van der Waals surface area contributed by atoms with E-state index in [4.69, 9.17) is 42.5 Å². The summed E-state index contributed by atoms with van der Waals surface area (Å²) >= 11 is 11.9. The zero-order chi connectivity index (χ0) is 21.4. The maximum atomic E-state index is 10.8. The van der Waals surface area contributed by atoms with E-state index in [1.165, 1.54) is 12.1 Å². The van der Waals surface area contributed by atoms with E-state index < -0.39 is 5.97 Å². The maximum absolute atomic E-state index is 10.8. The molecule has 1 aliphatic heterocycles. The van der Waals surface area contributed by atoms with Gasteiger partial charge in [0.25, 0.3) is 0 Å². The van der Waals surface area contributed by atoms with Crippen LogP contribution in [0, 0.1) is 0 Å². The van der Waals surface area contributed by atoms with Crippen LogP contribution in [-0.2, 0) is 16.1 Å². The molecule has 2 aromatic rings. The second-order valence-corrected chi connectivity index (χ2v) is 7.40. The molecule has 29 heavy (non-hydrogen) atoms. The number of aliphatic hydroxyl groups is 1. The molecule has 0 bridgehead atoms. The van der Waals surface area contributed by atoms with Crippen molar-refractivity contribution in [3.8, 4) is 5.75 Å². The lowest BCUT2D eigenvalue weighted by Crippen LogP contribution is -2.34. The minimum absolute atomic E-state index is 0.0297. The number of ether oxygens (including phenoxy) is 3. The largest absolute Gasteiger partial charge is 0.486 e. The zero-order valence-electron chi connectivity index (χ0n) is 16.2. The molecule has 8 heteroatoms. The Morgan fingerprint density at radius 2 is 1.79 bits per heavy atom. The summed E-state index contributed by atoms with van der Waals surface area (Å²) in [5.74, 6) is -0.796. The third kappa shape index (κ3) is 7.49. The Hall–Kier alpha value is -1.83. The second kappa shape index (κ2) is 11.4. The number of carboxylic acids is 1. The van der Waals surface area contributed by atoms with Crippen LogP contribution in [0.3, 0.4) is 0 Å². The Morgan fingerprint density at radius 1 is 1.17 bits per heavy atom. The van der Waals surface area contributed by atoms with Crippen LogP contribution < -0.4 is 4.74 Å². The number of hydrogen-bond donors (Lipinski definition) is 2. The molecule has 0 spiro atoms. The maximum Gasteiger partial charge on any atom is 0.335 e. The standard InChI is InChI=1S/C14H10Cl2O3.C7H14O3/c15-11-6-10(14(17)18)7-12(16)13(11)19-8-9-4-2-1-3-5-9;1-5-3-6(8)4-7(9-2)10-5/h1-7H,8H2,(H,17,18);5-8H,3-4H2,1-2H3/t;5?,6?,7-/m.0/s1. The fourth-order valence-corrected chi connectivity index (χ4v) is 3.37. The summed E-state index contributed by atoms with van der Waals surface area (Å²) in [7, 11) is 1.59. The molecule has 1 saturated heterocycles. The number of halogens is 2. The first-order valence-corrected chi connectivity index (χ1v) is 9.81. The van der Waals surface area contributed by atoms with Crippen molar-refractivity contribution in [3.05, 3.63) is 63.6 Å². The Labute approximate surface area is 179 Å². The fraction of sp³-hybridized carbons (Fsp3) is 0.381. The molecule has 0 aromatic heterocycles. The highest BCUT2D eigenvalue weighted by atomic mass is 35.5. The monoisotopic (exact) mass is 442 g/mol. The quantitative estimate of drug-likeness (QED) is 0.692. The predicted octanol–water partition coefficient (Wildman–Crippen LogP) is 4.79. The van der Waals surface area contributed by atoms with Crippen molar-refractivity contribution in [2.45, 2.75) is 44.9 Å². The molecule has 3 atom stereocenters. The summed E-state index contributed by atoms with van der Waals surface area (Å²) in [6.45, 7) is 2.25. The van der Waals surface area contributed by atoms with E-state index in [-0.39, 0.29) is 39.9 Å². The highest BCUT2D eigenvalue weighted by molar-refractivity contribution is 6.37. The van der Waals surface area contributed by atoms with Crippen molar-refractivity contribution in [1.29, 1.82) is 0 Å². The lowest BCUT2D eigenvalue weighted by Gasteiger charge is -2.29. The summed E-state index contributed by atoms with van der Waals surface area (Å²) in [6.07, 6.45) is 0.974. The third-order valence-electron chi connectivity index (χ3n) is 4.19. The van der Waals surface area contributed by atoms with E-state index in [0.717, 1.165) is 12.0 Å². The van der Waals surface area contributed by atoms with Crippen LogP contribution in [0.15, 0.2) is 42.5 Å². The van der Waals surface area contributed by atoms with Gasteiger partial charge < -0.3 is 24.4 Å². The topological polar surface area (TPSA) is 85.2 Å². The number of hydrogen-bond acceptors (Lipinski definition) is 5. The summed E-state index contributed by atoms with van der Waals surface area (Å²) in [6, 6.07) is 12.2. The molecule has 2 aromatic carbocycles. The van der Waals surface area contributed by atoms with Crippen molar-refractivity contribution >= 4 is 29.2 Å². The van der Waals surface area contributed by atoms with Crippen LogP contribution in [0.1, 0.15) is 35.7 Å². The molecule has 6 nitrogen and oxygen atoms in total. The average molecular weight is 443 g/mol. The van der Waals surface area contributed by atoms with Gasteiger partial charge >= 0.3 is 5.97 Å². The molecular weight excluding hydrogens is 419 g/mol. The number of aromatic carboxylic acids is 1. The minimum Gasteiger partial charge on any atom is -0.486 e. The molecule has 1 aliphatic rings. The van der Waals surface area contributed by atoms with E-state index >= 15 is 0 Å². The normalized spacial score (nSPS) is 21.1. The molecule has 0 radical (unpaired) electrons. The van der Waals surface area contributed by atoms with Crippen LogP contribution >= 0.6 is 23.2 Å². The van der Waals surface area contributed by atoms with Gasteiger partial charge in [-0.25, -0.2) is 4.79 Å². The Kier molecular flexibility index (Phi) is 9.20. The molecule has 0 aliphatic carbocycles. The summed E-state index contributed by atoms with van der Waals surface area (Å²) in [5, 5.41) is 18.5. The van der Waals surface area contributed by atoms with Gasteiger partial charge in [-0.3, -0.25) is 0 Å².